The Morgan fingerprint density at radius 3 is 2.50 bits per heavy atom. The van der Waals surface area contributed by atoms with Crippen molar-refractivity contribution < 1.29 is 9.59 Å². The minimum atomic E-state index is -0.947. The van der Waals surface area contributed by atoms with E-state index in [1.807, 2.05) is 6.07 Å². The molecule has 0 aromatic heterocycles. The molecule has 1 aromatic rings. The van der Waals surface area contributed by atoms with Gasteiger partial charge in [-0.2, -0.15) is 0 Å². The van der Waals surface area contributed by atoms with Gasteiger partial charge in [-0.05, 0) is 46.3 Å². The van der Waals surface area contributed by atoms with Crippen molar-refractivity contribution in [3.63, 3.8) is 0 Å². The van der Waals surface area contributed by atoms with Crippen LogP contribution in [0.5, 0.6) is 0 Å². The van der Waals surface area contributed by atoms with E-state index in [0.29, 0.717) is 5.56 Å². The molecule has 0 heterocycles. The van der Waals surface area contributed by atoms with Crippen molar-refractivity contribution in [3.8, 4) is 0 Å². The van der Waals surface area contributed by atoms with Gasteiger partial charge in [0.1, 0.15) is 0 Å². The summed E-state index contributed by atoms with van der Waals surface area (Å²) in [6.45, 7) is 0. The van der Waals surface area contributed by atoms with Crippen molar-refractivity contribution in [2.45, 2.75) is 0 Å². The van der Waals surface area contributed by atoms with Crippen LogP contribution in [-0.2, 0) is 4.79 Å². The number of rotatable bonds is 2. The number of hydrogen-bond acceptors (Lipinski definition) is 2. The largest absolute Gasteiger partial charge is 0.293 e. The molecule has 0 amide bonds. The molecule has 0 unspecified atom stereocenters. The van der Waals surface area contributed by atoms with E-state index in [4.69, 9.17) is 11.6 Å². The van der Waals surface area contributed by atoms with Gasteiger partial charge in [0, 0.05) is 9.13 Å². The fourth-order valence-electron chi connectivity index (χ4n) is 0.743. The lowest BCUT2D eigenvalue weighted by atomic mass is 10.1. The molecule has 0 spiro atoms. The van der Waals surface area contributed by atoms with Crippen molar-refractivity contribution in [3.05, 3.63) is 33.4 Å². The molecule has 0 aliphatic heterocycles. The molecule has 0 aliphatic rings. The van der Waals surface area contributed by atoms with Crippen LogP contribution in [0.4, 0.5) is 0 Å². The van der Waals surface area contributed by atoms with E-state index in [2.05, 4.69) is 22.6 Å². The monoisotopic (exact) mass is 294 g/mol. The zero-order chi connectivity index (χ0) is 9.14. The highest BCUT2D eigenvalue weighted by atomic mass is 127. The Bertz CT molecular complexity index is 336. The molecule has 0 saturated heterocycles. The third-order valence-corrected chi connectivity index (χ3v) is 2.11. The van der Waals surface area contributed by atoms with Crippen molar-refractivity contribution in [1.29, 1.82) is 0 Å². The number of benzene rings is 1. The molecule has 0 atom stereocenters. The van der Waals surface area contributed by atoms with Crippen LogP contribution < -0.4 is 0 Å². The second kappa shape index (κ2) is 4.00. The van der Waals surface area contributed by atoms with E-state index in [9.17, 15) is 9.59 Å². The lowest BCUT2D eigenvalue weighted by molar-refractivity contribution is -0.108. The SMILES string of the molecule is O=C(Cl)C(=O)c1cccc(I)c1. The Morgan fingerprint density at radius 2 is 2.00 bits per heavy atom. The van der Waals surface area contributed by atoms with Crippen LogP contribution in [0, 0.1) is 3.57 Å². The van der Waals surface area contributed by atoms with Gasteiger partial charge >= 0.3 is 0 Å². The number of hydrogen-bond donors (Lipinski definition) is 0. The molecular weight excluding hydrogens is 290 g/mol. The van der Waals surface area contributed by atoms with E-state index in [1.165, 1.54) is 0 Å². The van der Waals surface area contributed by atoms with E-state index in [1.54, 1.807) is 18.2 Å². The van der Waals surface area contributed by atoms with Crippen molar-refractivity contribution in [2.75, 3.05) is 0 Å². The normalized spacial score (nSPS) is 9.50. The summed E-state index contributed by atoms with van der Waals surface area (Å²) >= 11 is 7.08. The maximum Gasteiger partial charge on any atom is 0.293 e. The molecule has 0 N–H and O–H groups in total. The topological polar surface area (TPSA) is 34.1 Å². The zero-order valence-electron chi connectivity index (χ0n) is 5.88. The smallest absolute Gasteiger partial charge is 0.284 e. The fourth-order valence-corrected chi connectivity index (χ4v) is 1.40. The number of Topliss-reactive ketones (excluding diaryl/α,β-unsaturated/α-hetero) is 1. The maximum absolute atomic E-state index is 11.0. The second-order valence-electron chi connectivity index (χ2n) is 2.11. The fraction of sp³-hybridized carbons (Fsp3) is 0. The van der Waals surface area contributed by atoms with Crippen LogP contribution in [0.25, 0.3) is 0 Å². The molecule has 1 rings (SSSR count). The Labute approximate surface area is 88.0 Å². The van der Waals surface area contributed by atoms with E-state index >= 15 is 0 Å². The molecule has 0 fully saturated rings. The summed E-state index contributed by atoms with van der Waals surface area (Å²) in [7, 11) is 0. The number of ketones is 1. The number of halogens is 2. The van der Waals surface area contributed by atoms with E-state index in [0.717, 1.165) is 3.57 Å². The molecule has 1 aromatic carbocycles. The summed E-state index contributed by atoms with van der Waals surface area (Å²) < 4.78 is 0.899. The molecule has 0 bridgehead atoms. The van der Waals surface area contributed by atoms with Crippen molar-refractivity contribution in [1.82, 2.24) is 0 Å². The Morgan fingerprint density at radius 1 is 1.33 bits per heavy atom. The van der Waals surface area contributed by atoms with Gasteiger partial charge in [0.25, 0.3) is 5.24 Å². The van der Waals surface area contributed by atoms with Crippen LogP contribution in [0.2, 0.25) is 0 Å². The van der Waals surface area contributed by atoms with Crippen LogP contribution in [-0.4, -0.2) is 11.0 Å². The average Bonchev–Trinajstić information content (AvgIpc) is 2.03. The van der Waals surface area contributed by atoms with Crippen molar-refractivity contribution in [2.24, 2.45) is 0 Å². The first-order valence-electron chi connectivity index (χ1n) is 3.11. The molecular formula is C8H4ClIO2. The first-order valence-corrected chi connectivity index (χ1v) is 4.56. The summed E-state index contributed by atoms with van der Waals surface area (Å²) in [6, 6.07) is 6.71. The Hall–Kier alpha value is -0.420. The zero-order valence-corrected chi connectivity index (χ0v) is 8.80. The van der Waals surface area contributed by atoms with Crippen LogP contribution in [0.1, 0.15) is 10.4 Å². The van der Waals surface area contributed by atoms with Gasteiger partial charge < -0.3 is 0 Å². The minimum Gasteiger partial charge on any atom is -0.284 e. The summed E-state index contributed by atoms with van der Waals surface area (Å²) in [4.78, 5) is 21.5. The van der Waals surface area contributed by atoms with Crippen LogP contribution in [0.3, 0.4) is 0 Å². The lowest BCUT2D eigenvalue weighted by Gasteiger charge is -1.95. The molecule has 0 radical (unpaired) electrons. The Balaban J connectivity index is 3.04. The van der Waals surface area contributed by atoms with Gasteiger partial charge in [0.15, 0.2) is 0 Å². The highest BCUT2D eigenvalue weighted by Crippen LogP contribution is 2.09. The second-order valence-corrected chi connectivity index (χ2v) is 3.70. The summed E-state index contributed by atoms with van der Waals surface area (Å²) in [5.41, 5.74) is 0.335. The lowest BCUT2D eigenvalue weighted by Crippen LogP contribution is -2.07. The quantitative estimate of drug-likeness (QED) is 0.363. The maximum atomic E-state index is 11.0. The molecule has 12 heavy (non-hydrogen) atoms. The Kier molecular flexibility index (Phi) is 3.22. The van der Waals surface area contributed by atoms with Gasteiger partial charge in [-0.1, -0.05) is 12.1 Å². The van der Waals surface area contributed by atoms with Gasteiger partial charge in [0.05, 0.1) is 0 Å². The van der Waals surface area contributed by atoms with Gasteiger partial charge in [-0.3, -0.25) is 9.59 Å². The number of carbonyl (C=O) groups is 2. The molecule has 0 saturated carbocycles. The van der Waals surface area contributed by atoms with Crippen LogP contribution in [0.15, 0.2) is 24.3 Å². The number of carbonyl (C=O) groups excluding carboxylic acids is 2. The summed E-state index contributed by atoms with van der Waals surface area (Å²) in [6.07, 6.45) is 0. The van der Waals surface area contributed by atoms with Crippen LogP contribution >= 0.6 is 34.2 Å². The molecule has 0 aliphatic carbocycles. The van der Waals surface area contributed by atoms with Gasteiger partial charge in [-0.15, -0.1) is 0 Å². The minimum absolute atomic E-state index is 0.335. The summed E-state index contributed by atoms with van der Waals surface area (Å²) in [5, 5.41) is -0.947. The van der Waals surface area contributed by atoms with E-state index < -0.39 is 11.0 Å². The predicted molar refractivity (Wildman–Crippen MR) is 54.3 cm³/mol. The molecule has 62 valence electrons. The van der Waals surface area contributed by atoms with Gasteiger partial charge in [-0.25, -0.2) is 0 Å². The highest BCUT2D eigenvalue weighted by Gasteiger charge is 2.12. The van der Waals surface area contributed by atoms with E-state index in [-0.39, 0.29) is 0 Å². The summed E-state index contributed by atoms with van der Waals surface area (Å²) in [5.74, 6) is -0.657. The first kappa shape index (κ1) is 9.67. The predicted octanol–water partition coefficient (Wildman–Crippen LogP) is 2.24. The van der Waals surface area contributed by atoms with Crippen molar-refractivity contribution >= 4 is 45.2 Å². The van der Waals surface area contributed by atoms with Gasteiger partial charge in [0.2, 0.25) is 5.78 Å². The highest BCUT2D eigenvalue weighted by molar-refractivity contribution is 14.1. The standard InChI is InChI=1S/C8H4ClIO2/c9-8(12)7(11)5-2-1-3-6(10)4-5/h1-4H. The molecule has 4 heteroatoms. The third kappa shape index (κ3) is 2.28. The molecule has 2 nitrogen and oxygen atoms in total. The average molecular weight is 294 g/mol. The first-order chi connectivity index (χ1) is 5.61. The third-order valence-electron chi connectivity index (χ3n) is 1.27.